The lowest BCUT2D eigenvalue weighted by Gasteiger charge is -2.30. The fraction of sp³-hybridized carbons (Fsp3) is 0.211. The SMILES string of the molecule is O=C(/C=C/c1cc([N+](=O)[O-])ccc1N1CCOCC1)c1ccccc1. The van der Waals surface area contributed by atoms with Crippen molar-refractivity contribution < 1.29 is 14.5 Å². The van der Waals surface area contributed by atoms with Crippen LogP contribution in [0, 0.1) is 10.1 Å². The maximum absolute atomic E-state index is 12.3. The fourth-order valence-electron chi connectivity index (χ4n) is 2.75. The Bertz CT molecular complexity index is 796. The molecule has 2 aromatic carbocycles. The van der Waals surface area contributed by atoms with E-state index in [0.717, 1.165) is 5.69 Å². The number of hydrogen-bond acceptors (Lipinski definition) is 5. The number of ketones is 1. The lowest BCUT2D eigenvalue weighted by atomic mass is 10.1. The Balaban J connectivity index is 1.91. The monoisotopic (exact) mass is 338 g/mol. The third kappa shape index (κ3) is 4.10. The van der Waals surface area contributed by atoms with Crippen molar-refractivity contribution in [3.05, 3.63) is 75.8 Å². The van der Waals surface area contributed by atoms with E-state index in [0.29, 0.717) is 37.4 Å². The molecule has 1 fully saturated rings. The predicted octanol–water partition coefficient (Wildman–Crippen LogP) is 3.33. The zero-order chi connectivity index (χ0) is 17.6. The molecule has 0 atom stereocenters. The van der Waals surface area contributed by atoms with Gasteiger partial charge in [-0.25, -0.2) is 0 Å². The predicted molar refractivity (Wildman–Crippen MR) is 95.9 cm³/mol. The van der Waals surface area contributed by atoms with Crippen molar-refractivity contribution in [2.75, 3.05) is 31.2 Å². The Kier molecular flexibility index (Phi) is 5.20. The van der Waals surface area contributed by atoms with Crippen LogP contribution in [0.15, 0.2) is 54.6 Å². The number of hydrogen-bond donors (Lipinski definition) is 0. The molecule has 1 saturated heterocycles. The summed E-state index contributed by atoms with van der Waals surface area (Å²) < 4.78 is 5.36. The van der Waals surface area contributed by atoms with E-state index in [2.05, 4.69) is 4.90 Å². The standard InChI is InChI=1S/C19H18N2O4/c22-19(15-4-2-1-3-5-15)9-6-16-14-17(21(23)24)7-8-18(16)20-10-12-25-13-11-20/h1-9,14H,10-13H2/b9-6+. The van der Waals surface area contributed by atoms with Gasteiger partial charge in [-0.1, -0.05) is 30.3 Å². The Morgan fingerprint density at radius 2 is 1.84 bits per heavy atom. The summed E-state index contributed by atoms with van der Waals surface area (Å²) in [6.45, 7) is 2.66. The lowest BCUT2D eigenvalue weighted by molar-refractivity contribution is -0.384. The average molecular weight is 338 g/mol. The van der Waals surface area contributed by atoms with Crippen molar-refractivity contribution in [2.45, 2.75) is 0 Å². The maximum atomic E-state index is 12.3. The van der Waals surface area contributed by atoms with Gasteiger partial charge in [0.25, 0.3) is 5.69 Å². The number of non-ortho nitro benzene ring substituents is 1. The third-order valence-electron chi connectivity index (χ3n) is 4.05. The number of allylic oxidation sites excluding steroid dienone is 1. The highest BCUT2D eigenvalue weighted by atomic mass is 16.6. The fourth-order valence-corrected chi connectivity index (χ4v) is 2.75. The van der Waals surface area contributed by atoms with Gasteiger partial charge >= 0.3 is 0 Å². The third-order valence-corrected chi connectivity index (χ3v) is 4.05. The normalized spacial score (nSPS) is 14.6. The van der Waals surface area contributed by atoms with Gasteiger partial charge in [0.1, 0.15) is 0 Å². The second-order valence-corrected chi connectivity index (χ2v) is 5.66. The largest absolute Gasteiger partial charge is 0.378 e. The topological polar surface area (TPSA) is 72.7 Å². The van der Waals surface area contributed by atoms with Gasteiger partial charge in [-0.05, 0) is 18.2 Å². The van der Waals surface area contributed by atoms with Gasteiger partial charge in [0.15, 0.2) is 5.78 Å². The molecule has 25 heavy (non-hydrogen) atoms. The molecule has 0 spiro atoms. The molecule has 0 saturated carbocycles. The second kappa shape index (κ2) is 7.72. The van der Waals surface area contributed by atoms with Crippen molar-refractivity contribution in [3.8, 4) is 0 Å². The summed E-state index contributed by atoms with van der Waals surface area (Å²) in [5.41, 5.74) is 2.10. The summed E-state index contributed by atoms with van der Waals surface area (Å²) in [7, 11) is 0. The van der Waals surface area contributed by atoms with E-state index in [1.807, 2.05) is 6.07 Å². The van der Waals surface area contributed by atoms with Crippen LogP contribution in [0.5, 0.6) is 0 Å². The summed E-state index contributed by atoms with van der Waals surface area (Å²) in [6, 6.07) is 13.6. The smallest absolute Gasteiger partial charge is 0.270 e. The number of ether oxygens (including phenoxy) is 1. The molecule has 0 amide bonds. The first kappa shape index (κ1) is 16.9. The van der Waals surface area contributed by atoms with E-state index in [9.17, 15) is 14.9 Å². The number of morpholine rings is 1. The van der Waals surface area contributed by atoms with E-state index >= 15 is 0 Å². The minimum atomic E-state index is -0.431. The van der Waals surface area contributed by atoms with Crippen LogP contribution in [0.3, 0.4) is 0 Å². The number of rotatable bonds is 5. The first-order valence-electron chi connectivity index (χ1n) is 8.04. The molecule has 1 aliphatic heterocycles. The molecule has 3 rings (SSSR count). The van der Waals surface area contributed by atoms with Crippen LogP contribution in [0.2, 0.25) is 0 Å². The van der Waals surface area contributed by atoms with Gasteiger partial charge in [0, 0.05) is 42.0 Å². The molecule has 0 N–H and O–H groups in total. The zero-order valence-corrected chi connectivity index (χ0v) is 13.6. The van der Waals surface area contributed by atoms with Crippen LogP contribution in [0.1, 0.15) is 15.9 Å². The summed E-state index contributed by atoms with van der Waals surface area (Å²) in [6.07, 6.45) is 3.10. The Hall–Kier alpha value is -2.99. The quantitative estimate of drug-likeness (QED) is 0.362. The highest BCUT2D eigenvalue weighted by molar-refractivity contribution is 6.07. The van der Waals surface area contributed by atoms with Gasteiger partial charge in [0.2, 0.25) is 0 Å². The van der Waals surface area contributed by atoms with Gasteiger partial charge < -0.3 is 9.64 Å². The Labute approximate surface area is 145 Å². The highest BCUT2D eigenvalue weighted by Gasteiger charge is 2.17. The molecule has 2 aromatic rings. The first-order valence-corrected chi connectivity index (χ1v) is 8.04. The van der Waals surface area contributed by atoms with Crippen molar-refractivity contribution in [3.63, 3.8) is 0 Å². The Morgan fingerprint density at radius 3 is 2.52 bits per heavy atom. The molecular weight excluding hydrogens is 320 g/mol. The molecule has 0 unspecified atom stereocenters. The van der Waals surface area contributed by atoms with Crippen LogP contribution < -0.4 is 4.90 Å². The van der Waals surface area contributed by atoms with Crippen LogP contribution in [0.25, 0.3) is 6.08 Å². The van der Waals surface area contributed by atoms with Crippen LogP contribution in [0.4, 0.5) is 11.4 Å². The highest BCUT2D eigenvalue weighted by Crippen LogP contribution is 2.27. The zero-order valence-electron chi connectivity index (χ0n) is 13.6. The average Bonchev–Trinajstić information content (AvgIpc) is 2.67. The van der Waals surface area contributed by atoms with Crippen molar-refractivity contribution in [1.82, 2.24) is 0 Å². The van der Waals surface area contributed by atoms with Gasteiger partial charge in [-0.15, -0.1) is 0 Å². The van der Waals surface area contributed by atoms with E-state index in [4.69, 9.17) is 4.74 Å². The maximum Gasteiger partial charge on any atom is 0.270 e. The van der Waals surface area contributed by atoms with E-state index in [1.54, 1.807) is 36.4 Å². The number of nitro groups is 1. The van der Waals surface area contributed by atoms with E-state index in [1.165, 1.54) is 18.2 Å². The molecular formula is C19H18N2O4. The van der Waals surface area contributed by atoms with Crippen molar-refractivity contribution >= 4 is 23.2 Å². The molecule has 0 radical (unpaired) electrons. The number of carbonyl (C=O) groups is 1. The molecule has 6 nitrogen and oxygen atoms in total. The van der Waals surface area contributed by atoms with Gasteiger partial charge in [0.05, 0.1) is 18.1 Å². The summed E-state index contributed by atoms with van der Waals surface area (Å²) in [4.78, 5) is 25.0. The van der Waals surface area contributed by atoms with Gasteiger partial charge in [-0.2, -0.15) is 0 Å². The number of nitro benzene ring substituents is 1. The molecule has 6 heteroatoms. The second-order valence-electron chi connectivity index (χ2n) is 5.66. The lowest BCUT2D eigenvalue weighted by Crippen LogP contribution is -2.36. The minimum absolute atomic E-state index is 0.00354. The van der Waals surface area contributed by atoms with Crippen LogP contribution in [-0.2, 0) is 4.74 Å². The molecule has 0 aliphatic carbocycles. The molecule has 0 aromatic heterocycles. The molecule has 1 heterocycles. The number of nitrogens with zero attached hydrogens (tertiary/aromatic N) is 2. The van der Waals surface area contributed by atoms with E-state index < -0.39 is 4.92 Å². The first-order chi connectivity index (χ1) is 12.1. The minimum Gasteiger partial charge on any atom is -0.378 e. The number of carbonyl (C=O) groups excluding carboxylic acids is 1. The number of anilines is 1. The van der Waals surface area contributed by atoms with E-state index in [-0.39, 0.29) is 11.5 Å². The summed E-state index contributed by atoms with van der Waals surface area (Å²) >= 11 is 0. The Morgan fingerprint density at radius 1 is 1.12 bits per heavy atom. The molecule has 0 bridgehead atoms. The van der Waals surface area contributed by atoms with Crippen LogP contribution >= 0.6 is 0 Å². The molecule has 1 aliphatic rings. The van der Waals surface area contributed by atoms with Crippen molar-refractivity contribution in [1.29, 1.82) is 0 Å². The summed E-state index contributed by atoms with van der Waals surface area (Å²) in [5, 5.41) is 11.1. The molecule has 128 valence electrons. The van der Waals surface area contributed by atoms with Gasteiger partial charge in [-0.3, -0.25) is 14.9 Å². The summed E-state index contributed by atoms with van der Waals surface area (Å²) in [5.74, 6) is -0.139. The number of benzene rings is 2. The van der Waals surface area contributed by atoms with Crippen LogP contribution in [-0.4, -0.2) is 37.0 Å². The van der Waals surface area contributed by atoms with Crippen molar-refractivity contribution in [2.24, 2.45) is 0 Å².